The first-order chi connectivity index (χ1) is 9.20. The molecule has 2 aliphatic rings. The maximum Gasteiger partial charge on any atom is 0.205 e. The Balaban J connectivity index is 1.89. The molecular formula is C13H10N2O2S2. The third-order valence-electron chi connectivity index (χ3n) is 3.61. The molecule has 0 radical (unpaired) electrons. The molecule has 0 saturated carbocycles. The van der Waals surface area contributed by atoms with Crippen LogP contribution in [0.15, 0.2) is 33.3 Å². The number of ketones is 1. The summed E-state index contributed by atoms with van der Waals surface area (Å²) in [6.07, 6.45) is 0.399. The van der Waals surface area contributed by atoms with Gasteiger partial charge in [-0.2, -0.15) is 11.3 Å². The SMILES string of the molecule is O=C1c2ccsc2N=C2N(c3ccsc3)CCC12O. The first-order valence-electron chi connectivity index (χ1n) is 5.94. The molecule has 96 valence electrons. The van der Waals surface area contributed by atoms with Crippen molar-refractivity contribution in [2.24, 2.45) is 4.99 Å². The van der Waals surface area contributed by atoms with Crippen LogP contribution in [0.25, 0.3) is 0 Å². The zero-order valence-corrected chi connectivity index (χ0v) is 11.5. The molecule has 1 N–H and O–H groups in total. The summed E-state index contributed by atoms with van der Waals surface area (Å²) in [5.74, 6) is 0.261. The predicted molar refractivity (Wildman–Crippen MR) is 77.0 cm³/mol. The lowest BCUT2D eigenvalue weighted by Crippen LogP contribution is -2.48. The van der Waals surface area contributed by atoms with Gasteiger partial charge in [-0.05, 0) is 22.9 Å². The van der Waals surface area contributed by atoms with E-state index in [2.05, 4.69) is 4.99 Å². The Morgan fingerprint density at radius 3 is 3.05 bits per heavy atom. The zero-order valence-electron chi connectivity index (χ0n) is 9.87. The normalized spacial score (nSPS) is 25.2. The number of aliphatic imine (C=N–C) groups is 1. The number of hydrogen-bond acceptors (Lipinski definition) is 6. The van der Waals surface area contributed by atoms with E-state index in [4.69, 9.17) is 0 Å². The number of thiophene rings is 2. The van der Waals surface area contributed by atoms with Gasteiger partial charge in [0.1, 0.15) is 5.00 Å². The first-order valence-corrected chi connectivity index (χ1v) is 7.76. The second kappa shape index (κ2) is 3.75. The van der Waals surface area contributed by atoms with Gasteiger partial charge in [-0.15, -0.1) is 11.3 Å². The van der Waals surface area contributed by atoms with Crippen LogP contribution in [0.1, 0.15) is 16.8 Å². The van der Waals surface area contributed by atoms with Crippen LogP contribution in [0.5, 0.6) is 0 Å². The summed E-state index contributed by atoms with van der Waals surface area (Å²) in [4.78, 5) is 18.9. The van der Waals surface area contributed by atoms with Gasteiger partial charge >= 0.3 is 0 Å². The molecule has 1 atom stereocenters. The second-order valence-corrected chi connectivity index (χ2v) is 6.32. The molecule has 4 nitrogen and oxygen atoms in total. The Labute approximate surface area is 117 Å². The van der Waals surface area contributed by atoms with Crippen LogP contribution in [0.2, 0.25) is 0 Å². The maximum atomic E-state index is 12.4. The molecule has 1 saturated heterocycles. The van der Waals surface area contributed by atoms with Crippen molar-refractivity contribution in [3.8, 4) is 0 Å². The van der Waals surface area contributed by atoms with Crippen LogP contribution in [-0.4, -0.2) is 28.9 Å². The highest BCUT2D eigenvalue weighted by Gasteiger charge is 2.52. The average molecular weight is 290 g/mol. The first kappa shape index (κ1) is 11.3. The Kier molecular flexibility index (Phi) is 2.24. The summed E-state index contributed by atoms with van der Waals surface area (Å²) in [7, 11) is 0. The standard InChI is InChI=1S/C13H10N2O2S2/c16-10-9-2-6-19-11(9)14-12-13(10,17)3-4-15(12)8-1-5-18-7-8/h1-2,5-7,17H,3-4H2. The zero-order chi connectivity index (χ0) is 13.0. The van der Waals surface area contributed by atoms with E-state index in [-0.39, 0.29) is 5.78 Å². The van der Waals surface area contributed by atoms with Gasteiger partial charge in [0.2, 0.25) is 5.78 Å². The Hall–Kier alpha value is -1.50. The van der Waals surface area contributed by atoms with Crippen molar-refractivity contribution < 1.29 is 9.90 Å². The smallest absolute Gasteiger partial charge is 0.205 e. The summed E-state index contributed by atoms with van der Waals surface area (Å²) in [6.45, 7) is 0.618. The number of anilines is 1. The van der Waals surface area contributed by atoms with Gasteiger partial charge in [-0.3, -0.25) is 4.79 Å². The molecule has 4 heterocycles. The molecule has 2 aromatic rings. The highest BCUT2D eigenvalue weighted by atomic mass is 32.1. The van der Waals surface area contributed by atoms with E-state index >= 15 is 0 Å². The fraction of sp³-hybridized carbons (Fsp3) is 0.231. The summed E-state index contributed by atoms with van der Waals surface area (Å²) >= 11 is 3.02. The van der Waals surface area contributed by atoms with E-state index < -0.39 is 5.60 Å². The molecule has 0 aromatic carbocycles. The van der Waals surface area contributed by atoms with Crippen LogP contribution < -0.4 is 4.90 Å². The third kappa shape index (κ3) is 1.42. The number of nitrogens with zero attached hydrogens (tertiary/aromatic N) is 2. The van der Waals surface area contributed by atoms with Crippen molar-refractivity contribution in [2.45, 2.75) is 12.0 Å². The van der Waals surface area contributed by atoms with Crippen LogP contribution in [-0.2, 0) is 0 Å². The Morgan fingerprint density at radius 2 is 2.26 bits per heavy atom. The molecule has 0 aliphatic carbocycles. The minimum atomic E-state index is -1.45. The molecule has 2 aromatic heterocycles. The number of aliphatic hydroxyl groups is 1. The largest absolute Gasteiger partial charge is 0.374 e. The molecule has 0 bridgehead atoms. The van der Waals surface area contributed by atoms with Gasteiger partial charge in [0, 0.05) is 18.3 Å². The lowest BCUT2D eigenvalue weighted by molar-refractivity contribution is 0.0603. The van der Waals surface area contributed by atoms with Crippen LogP contribution in [0, 0.1) is 0 Å². The van der Waals surface area contributed by atoms with E-state index in [1.807, 2.05) is 27.1 Å². The fourth-order valence-electron chi connectivity index (χ4n) is 2.62. The topological polar surface area (TPSA) is 52.9 Å². The van der Waals surface area contributed by atoms with E-state index in [0.717, 1.165) is 5.69 Å². The van der Waals surface area contributed by atoms with Gasteiger partial charge in [0.25, 0.3) is 0 Å². The highest BCUT2D eigenvalue weighted by molar-refractivity contribution is 7.14. The Morgan fingerprint density at radius 1 is 1.37 bits per heavy atom. The number of Topliss-reactive ketones (excluding diaryl/α,β-unsaturated/α-hetero) is 1. The number of carbonyl (C=O) groups excluding carboxylic acids is 1. The van der Waals surface area contributed by atoms with E-state index in [1.165, 1.54) is 11.3 Å². The maximum absolute atomic E-state index is 12.4. The van der Waals surface area contributed by atoms with E-state index in [0.29, 0.717) is 29.4 Å². The molecule has 2 aliphatic heterocycles. The van der Waals surface area contributed by atoms with Gasteiger partial charge in [-0.25, -0.2) is 4.99 Å². The summed E-state index contributed by atoms with van der Waals surface area (Å²) in [6, 6.07) is 3.72. The molecular weight excluding hydrogens is 280 g/mol. The van der Waals surface area contributed by atoms with Crippen molar-refractivity contribution in [1.82, 2.24) is 0 Å². The van der Waals surface area contributed by atoms with Crippen molar-refractivity contribution in [2.75, 3.05) is 11.4 Å². The summed E-state index contributed by atoms with van der Waals surface area (Å²) < 4.78 is 0. The number of carbonyl (C=O) groups is 1. The molecule has 6 heteroatoms. The molecule has 0 amide bonds. The molecule has 4 rings (SSSR count). The van der Waals surface area contributed by atoms with Crippen LogP contribution >= 0.6 is 22.7 Å². The van der Waals surface area contributed by atoms with Gasteiger partial charge in [0.15, 0.2) is 11.4 Å². The summed E-state index contributed by atoms with van der Waals surface area (Å²) in [5.41, 5.74) is 0.0895. The quantitative estimate of drug-likeness (QED) is 0.878. The third-order valence-corrected chi connectivity index (χ3v) is 5.09. The molecule has 1 fully saturated rings. The van der Waals surface area contributed by atoms with Crippen molar-refractivity contribution >= 4 is 45.0 Å². The number of hydrogen-bond donors (Lipinski definition) is 1. The minimum Gasteiger partial charge on any atom is -0.374 e. The average Bonchev–Trinajstić information content (AvgIpc) is 3.09. The lowest BCUT2D eigenvalue weighted by Gasteiger charge is -2.27. The fourth-order valence-corrected chi connectivity index (χ4v) is 4.03. The lowest BCUT2D eigenvalue weighted by atomic mass is 9.90. The summed E-state index contributed by atoms with van der Waals surface area (Å²) in [5, 5.41) is 17.2. The molecule has 1 unspecified atom stereocenters. The Bertz CT molecular complexity index is 689. The van der Waals surface area contributed by atoms with Gasteiger partial charge in [0.05, 0.1) is 11.3 Å². The molecule has 19 heavy (non-hydrogen) atoms. The van der Waals surface area contributed by atoms with Gasteiger partial charge < -0.3 is 10.0 Å². The highest BCUT2D eigenvalue weighted by Crippen LogP contribution is 2.41. The van der Waals surface area contributed by atoms with E-state index in [1.54, 1.807) is 17.4 Å². The second-order valence-electron chi connectivity index (χ2n) is 4.65. The van der Waals surface area contributed by atoms with Crippen LogP contribution in [0.4, 0.5) is 10.7 Å². The number of rotatable bonds is 1. The van der Waals surface area contributed by atoms with Crippen molar-refractivity contribution in [3.63, 3.8) is 0 Å². The minimum absolute atomic E-state index is 0.216. The monoisotopic (exact) mass is 290 g/mol. The molecule has 0 spiro atoms. The van der Waals surface area contributed by atoms with E-state index in [9.17, 15) is 9.90 Å². The number of amidine groups is 1. The van der Waals surface area contributed by atoms with Crippen LogP contribution in [0.3, 0.4) is 0 Å². The predicted octanol–water partition coefficient (Wildman–Crippen LogP) is 2.68. The van der Waals surface area contributed by atoms with Crippen molar-refractivity contribution in [3.05, 3.63) is 33.8 Å². The number of fused-ring (bicyclic) bond motifs is 2. The van der Waals surface area contributed by atoms with Gasteiger partial charge in [-0.1, -0.05) is 0 Å². The van der Waals surface area contributed by atoms with Crippen molar-refractivity contribution in [1.29, 1.82) is 0 Å².